The highest BCUT2D eigenvalue weighted by molar-refractivity contribution is 5.22. The Morgan fingerprint density at radius 3 is 2.43 bits per heavy atom. The molecule has 0 bridgehead atoms. The van der Waals surface area contributed by atoms with Crippen LogP contribution in [0.3, 0.4) is 0 Å². The molecule has 1 aliphatic rings. The van der Waals surface area contributed by atoms with Gasteiger partial charge in [0, 0.05) is 12.6 Å². The molecule has 0 saturated carbocycles. The molecular weight excluding hydrogens is 286 g/mol. The summed E-state index contributed by atoms with van der Waals surface area (Å²) < 4.78 is 5.92. The number of aliphatic hydroxyl groups is 1. The standard InChI is InChI=1S/C20H33NO2/c1-2-3-4-5-6-7-8-17-9-11-18(12-10-17)16-23-20-13-19(15-22)21-14-20/h9-12,19-22H,2-8,13-16H2,1H3/t19-,20+/m0/s1. The SMILES string of the molecule is CCCCCCCCc1ccc(CO[C@H]2CN[C@H](CO)C2)cc1. The molecule has 2 rings (SSSR count). The van der Waals surface area contributed by atoms with Gasteiger partial charge in [-0.15, -0.1) is 0 Å². The molecule has 1 aromatic carbocycles. The predicted molar refractivity (Wildman–Crippen MR) is 95.6 cm³/mol. The van der Waals surface area contributed by atoms with Crippen LogP contribution in [0.2, 0.25) is 0 Å². The predicted octanol–water partition coefficient (Wildman–Crippen LogP) is 3.83. The number of nitrogens with one attached hydrogen (secondary N) is 1. The first-order valence-corrected chi connectivity index (χ1v) is 9.35. The summed E-state index contributed by atoms with van der Waals surface area (Å²) in [7, 11) is 0. The molecule has 3 heteroatoms. The first-order chi connectivity index (χ1) is 11.3. The number of ether oxygens (including phenoxy) is 1. The van der Waals surface area contributed by atoms with Crippen LogP contribution in [0.5, 0.6) is 0 Å². The zero-order valence-corrected chi connectivity index (χ0v) is 14.6. The Labute approximate surface area is 141 Å². The summed E-state index contributed by atoms with van der Waals surface area (Å²) in [5.74, 6) is 0. The second-order valence-corrected chi connectivity index (χ2v) is 6.79. The van der Waals surface area contributed by atoms with Gasteiger partial charge in [0.2, 0.25) is 0 Å². The maximum absolute atomic E-state index is 9.11. The fourth-order valence-electron chi connectivity index (χ4n) is 3.17. The molecule has 1 saturated heterocycles. The second-order valence-electron chi connectivity index (χ2n) is 6.79. The van der Waals surface area contributed by atoms with Gasteiger partial charge in [0.15, 0.2) is 0 Å². The van der Waals surface area contributed by atoms with Crippen molar-refractivity contribution in [1.29, 1.82) is 0 Å². The molecule has 1 aromatic rings. The van der Waals surface area contributed by atoms with E-state index in [9.17, 15) is 0 Å². The Kier molecular flexibility index (Phi) is 8.66. The van der Waals surface area contributed by atoms with E-state index in [2.05, 4.69) is 36.5 Å². The van der Waals surface area contributed by atoms with E-state index in [1.54, 1.807) is 0 Å². The molecule has 130 valence electrons. The van der Waals surface area contributed by atoms with Crippen LogP contribution in [0.15, 0.2) is 24.3 Å². The molecule has 1 aliphatic heterocycles. The monoisotopic (exact) mass is 319 g/mol. The number of aliphatic hydroxyl groups excluding tert-OH is 1. The van der Waals surface area contributed by atoms with E-state index in [-0.39, 0.29) is 18.8 Å². The van der Waals surface area contributed by atoms with Crippen molar-refractivity contribution >= 4 is 0 Å². The summed E-state index contributed by atoms with van der Waals surface area (Å²) in [4.78, 5) is 0. The molecule has 1 fully saturated rings. The molecule has 3 nitrogen and oxygen atoms in total. The van der Waals surface area contributed by atoms with Crippen LogP contribution in [0, 0.1) is 0 Å². The molecule has 1 heterocycles. The Bertz CT molecular complexity index is 418. The van der Waals surface area contributed by atoms with E-state index >= 15 is 0 Å². The summed E-state index contributed by atoms with van der Waals surface area (Å²) >= 11 is 0. The molecule has 23 heavy (non-hydrogen) atoms. The molecule has 0 aromatic heterocycles. The molecule has 2 atom stereocenters. The highest BCUT2D eigenvalue weighted by atomic mass is 16.5. The third-order valence-corrected chi connectivity index (χ3v) is 4.73. The van der Waals surface area contributed by atoms with Gasteiger partial charge >= 0.3 is 0 Å². The van der Waals surface area contributed by atoms with Crippen LogP contribution in [0.25, 0.3) is 0 Å². The molecular formula is C20H33NO2. The largest absolute Gasteiger partial charge is 0.395 e. The first kappa shape index (κ1) is 18.4. The minimum Gasteiger partial charge on any atom is -0.395 e. The minimum atomic E-state index is 0.201. The van der Waals surface area contributed by atoms with Gasteiger partial charge in [-0.2, -0.15) is 0 Å². The lowest BCUT2D eigenvalue weighted by atomic mass is 10.0. The van der Waals surface area contributed by atoms with Crippen LogP contribution < -0.4 is 5.32 Å². The first-order valence-electron chi connectivity index (χ1n) is 9.35. The van der Waals surface area contributed by atoms with Crippen molar-refractivity contribution in [1.82, 2.24) is 5.32 Å². The van der Waals surface area contributed by atoms with Crippen LogP contribution >= 0.6 is 0 Å². The van der Waals surface area contributed by atoms with Gasteiger partial charge in [-0.25, -0.2) is 0 Å². The van der Waals surface area contributed by atoms with Crippen molar-refractivity contribution in [3.8, 4) is 0 Å². The van der Waals surface area contributed by atoms with E-state index in [4.69, 9.17) is 9.84 Å². The van der Waals surface area contributed by atoms with Gasteiger partial charge in [0.1, 0.15) is 0 Å². The molecule has 0 unspecified atom stereocenters. The van der Waals surface area contributed by atoms with E-state index in [1.807, 2.05) is 0 Å². The van der Waals surface area contributed by atoms with Crippen LogP contribution in [0.4, 0.5) is 0 Å². The van der Waals surface area contributed by atoms with Gasteiger partial charge < -0.3 is 15.2 Å². The van der Waals surface area contributed by atoms with Crippen molar-refractivity contribution < 1.29 is 9.84 Å². The number of unbranched alkanes of at least 4 members (excludes halogenated alkanes) is 5. The summed E-state index contributed by atoms with van der Waals surface area (Å²) in [5, 5.41) is 12.4. The van der Waals surface area contributed by atoms with E-state index in [0.717, 1.165) is 13.0 Å². The maximum Gasteiger partial charge on any atom is 0.0721 e. The molecule has 0 aliphatic carbocycles. The molecule has 0 spiro atoms. The van der Waals surface area contributed by atoms with E-state index < -0.39 is 0 Å². The highest BCUT2D eigenvalue weighted by Crippen LogP contribution is 2.15. The highest BCUT2D eigenvalue weighted by Gasteiger charge is 2.23. The number of hydrogen-bond donors (Lipinski definition) is 2. The fraction of sp³-hybridized carbons (Fsp3) is 0.700. The summed E-state index contributed by atoms with van der Waals surface area (Å²) in [6.45, 7) is 3.98. The molecule has 2 N–H and O–H groups in total. The zero-order chi connectivity index (χ0) is 16.3. The lowest BCUT2D eigenvalue weighted by molar-refractivity contribution is 0.0512. The van der Waals surface area contributed by atoms with Gasteiger partial charge in [0.25, 0.3) is 0 Å². The van der Waals surface area contributed by atoms with E-state index in [1.165, 1.54) is 56.1 Å². The normalized spacial score (nSPS) is 21.0. The van der Waals surface area contributed by atoms with Crippen molar-refractivity contribution in [3.05, 3.63) is 35.4 Å². The number of rotatable bonds is 11. The second kappa shape index (κ2) is 10.8. The van der Waals surface area contributed by atoms with E-state index in [0.29, 0.717) is 6.61 Å². The maximum atomic E-state index is 9.11. The average molecular weight is 319 g/mol. The third kappa shape index (κ3) is 7.03. The van der Waals surface area contributed by atoms with Crippen molar-refractivity contribution in [2.45, 2.75) is 77.0 Å². The Balaban J connectivity index is 1.60. The third-order valence-electron chi connectivity index (χ3n) is 4.73. The topological polar surface area (TPSA) is 41.5 Å². The molecule has 0 radical (unpaired) electrons. The summed E-state index contributed by atoms with van der Waals surface area (Å²) in [6.07, 6.45) is 10.5. The van der Waals surface area contributed by atoms with Crippen molar-refractivity contribution in [2.24, 2.45) is 0 Å². The van der Waals surface area contributed by atoms with Gasteiger partial charge in [-0.3, -0.25) is 0 Å². The quantitative estimate of drug-likeness (QED) is 0.609. The Morgan fingerprint density at radius 1 is 1.04 bits per heavy atom. The average Bonchev–Trinajstić information content (AvgIpc) is 3.05. The van der Waals surface area contributed by atoms with Crippen molar-refractivity contribution in [2.75, 3.05) is 13.2 Å². The van der Waals surface area contributed by atoms with Gasteiger partial charge in [0.05, 0.1) is 19.3 Å². The Hall–Kier alpha value is -0.900. The smallest absolute Gasteiger partial charge is 0.0721 e. The number of aryl methyl sites for hydroxylation is 1. The summed E-state index contributed by atoms with van der Waals surface area (Å²) in [5.41, 5.74) is 2.68. The lowest BCUT2D eigenvalue weighted by Crippen LogP contribution is -2.24. The fourth-order valence-corrected chi connectivity index (χ4v) is 3.17. The lowest BCUT2D eigenvalue weighted by Gasteiger charge is -2.11. The number of benzene rings is 1. The van der Waals surface area contributed by atoms with Gasteiger partial charge in [-0.05, 0) is 30.4 Å². The summed E-state index contributed by atoms with van der Waals surface area (Å²) in [6, 6.07) is 9.08. The van der Waals surface area contributed by atoms with Crippen LogP contribution in [-0.4, -0.2) is 30.4 Å². The zero-order valence-electron chi connectivity index (χ0n) is 14.6. The van der Waals surface area contributed by atoms with Crippen LogP contribution in [-0.2, 0) is 17.8 Å². The molecule has 0 amide bonds. The Morgan fingerprint density at radius 2 is 1.74 bits per heavy atom. The van der Waals surface area contributed by atoms with Crippen LogP contribution in [0.1, 0.15) is 63.0 Å². The minimum absolute atomic E-state index is 0.201. The van der Waals surface area contributed by atoms with Gasteiger partial charge in [-0.1, -0.05) is 63.3 Å². The van der Waals surface area contributed by atoms with Crippen molar-refractivity contribution in [3.63, 3.8) is 0 Å². The number of hydrogen-bond acceptors (Lipinski definition) is 3.